The summed E-state index contributed by atoms with van der Waals surface area (Å²) in [4.78, 5) is 0.0920. The zero-order valence-electron chi connectivity index (χ0n) is 10.6. The second kappa shape index (κ2) is 5.42. The van der Waals surface area contributed by atoms with Crippen LogP contribution in [0, 0.1) is 5.82 Å². The van der Waals surface area contributed by atoms with Gasteiger partial charge in [-0.15, -0.1) is 0 Å². The lowest BCUT2D eigenvalue weighted by Gasteiger charge is -2.09. The Morgan fingerprint density at radius 3 is 2.45 bits per heavy atom. The minimum absolute atomic E-state index is 0.0385. The van der Waals surface area contributed by atoms with Crippen LogP contribution in [0.2, 0.25) is 5.02 Å². The van der Waals surface area contributed by atoms with Crippen LogP contribution in [0.25, 0.3) is 11.1 Å². The number of benzene rings is 2. The molecular formula is C14H12ClFO3S. The van der Waals surface area contributed by atoms with E-state index in [2.05, 4.69) is 0 Å². The fourth-order valence-corrected chi connectivity index (χ4v) is 3.05. The zero-order valence-corrected chi connectivity index (χ0v) is 12.2. The summed E-state index contributed by atoms with van der Waals surface area (Å²) in [6.07, 6.45) is 0. The molecule has 2 rings (SSSR count). The Hall–Kier alpha value is -1.59. The topological polar surface area (TPSA) is 54.4 Å². The molecule has 6 heteroatoms. The first-order valence-electron chi connectivity index (χ1n) is 5.86. The molecule has 0 fully saturated rings. The van der Waals surface area contributed by atoms with Gasteiger partial charge < -0.3 is 5.11 Å². The number of hydrogen-bond donors (Lipinski definition) is 1. The van der Waals surface area contributed by atoms with Gasteiger partial charge in [-0.05, 0) is 30.3 Å². The van der Waals surface area contributed by atoms with Crippen molar-refractivity contribution in [1.82, 2.24) is 0 Å². The van der Waals surface area contributed by atoms with E-state index in [1.54, 1.807) is 0 Å². The minimum Gasteiger partial charge on any atom is -0.508 e. The summed E-state index contributed by atoms with van der Waals surface area (Å²) in [5.41, 5.74) is 0.450. The van der Waals surface area contributed by atoms with Gasteiger partial charge >= 0.3 is 0 Å². The number of aromatic hydroxyl groups is 1. The molecule has 0 bridgehead atoms. The van der Waals surface area contributed by atoms with Crippen LogP contribution in [-0.4, -0.2) is 19.3 Å². The molecule has 3 nitrogen and oxygen atoms in total. The second-order valence-corrected chi connectivity index (χ2v) is 6.89. The average Bonchev–Trinajstić information content (AvgIpc) is 2.41. The summed E-state index contributed by atoms with van der Waals surface area (Å²) in [5.74, 6) is -0.679. The SMILES string of the molecule is CCS(=O)(=O)c1ccc(-c2cc(O)ccc2F)c(Cl)c1. The summed E-state index contributed by atoms with van der Waals surface area (Å²) >= 11 is 6.04. The normalized spacial score (nSPS) is 11.6. The largest absolute Gasteiger partial charge is 0.508 e. The molecule has 0 radical (unpaired) electrons. The Labute approximate surface area is 121 Å². The van der Waals surface area contributed by atoms with Gasteiger partial charge in [-0.1, -0.05) is 24.6 Å². The van der Waals surface area contributed by atoms with Gasteiger partial charge in [0.25, 0.3) is 0 Å². The van der Waals surface area contributed by atoms with Crippen LogP contribution in [0.5, 0.6) is 5.75 Å². The third-order valence-corrected chi connectivity index (χ3v) is 4.96. The fraction of sp³-hybridized carbons (Fsp3) is 0.143. The molecule has 0 heterocycles. The first kappa shape index (κ1) is 14.8. The van der Waals surface area contributed by atoms with Crippen molar-refractivity contribution in [1.29, 1.82) is 0 Å². The molecule has 0 aliphatic rings. The molecule has 0 atom stereocenters. The highest BCUT2D eigenvalue weighted by atomic mass is 35.5. The second-order valence-electron chi connectivity index (χ2n) is 4.21. The highest BCUT2D eigenvalue weighted by Crippen LogP contribution is 2.33. The van der Waals surface area contributed by atoms with Crippen molar-refractivity contribution in [3.05, 3.63) is 47.2 Å². The molecule has 2 aromatic rings. The molecule has 0 aliphatic carbocycles. The van der Waals surface area contributed by atoms with Crippen LogP contribution < -0.4 is 0 Å². The number of rotatable bonds is 3. The van der Waals surface area contributed by atoms with Crippen LogP contribution in [0.1, 0.15) is 6.92 Å². The van der Waals surface area contributed by atoms with E-state index in [-0.39, 0.29) is 27.0 Å². The lowest BCUT2D eigenvalue weighted by molar-refractivity contribution is 0.473. The Bertz CT molecular complexity index is 757. The summed E-state index contributed by atoms with van der Waals surface area (Å²) in [5, 5.41) is 9.52. The van der Waals surface area contributed by atoms with Gasteiger partial charge in [-0.25, -0.2) is 12.8 Å². The van der Waals surface area contributed by atoms with Gasteiger partial charge in [-0.2, -0.15) is 0 Å². The van der Waals surface area contributed by atoms with Crippen molar-refractivity contribution in [3.63, 3.8) is 0 Å². The quantitative estimate of drug-likeness (QED) is 0.941. The number of phenols is 1. The van der Waals surface area contributed by atoms with E-state index in [0.29, 0.717) is 5.56 Å². The number of halogens is 2. The smallest absolute Gasteiger partial charge is 0.178 e. The lowest BCUT2D eigenvalue weighted by atomic mass is 10.0. The summed E-state index contributed by atoms with van der Waals surface area (Å²) in [6.45, 7) is 1.53. The Kier molecular flexibility index (Phi) is 4.01. The molecule has 0 spiro atoms. The fourth-order valence-electron chi connectivity index (χ4n) is 1.79. The summed E-state index contributed by atoms with van der Waals surface area (Å²) in [6, 6.07) is 7.69. The minimum atomic E-state index is -3.37. The zero-order chi connectivity index (χ0) is 14.9. The molecule has 106 valence electrons. The highest BCUT2D eigenvalue weighted by Gasteiger charge is 2.16. The van der Waals surface area contributed by atoms with Gasteiger partial charge in [0.2, 0.25) is 0 Å². The van der Waals surface area contributed by atoms with Crippen molar-refractivity contribution < 1.29 is 17.9 Å². The van der Waals surface area contributed by atoms with Crippen molar-refractivity contribution in [2.24, 2.45) is 0 Å². The maximum atomic E-state index is 13.7. The predicted molar refractivity (Wildman–Crippen MR) is 76.2 cm³/mol. The van der Waals surface area contributed by atoms with Gasteiger partial charge in [0.15, 0.2) is 9.84 Å². The van der Waals surface area contributed by atoms with Crippen LogP contribution in [0.15, 0.2) is 41.3 Å². The Morgan fingerprint density at radius 2 is 1.85 bits per heavy atom. The molecule has 20 heavy (non-hydrogen) atoms. The average molecular weight is 315 g/mol. The van der Waals surface area contributed by atoms with Crippen LogP contribution >= 0.6 is 11.6 Å². The Morgan fingerprint density at radius 1 is 1.15 bits per heavy atom. The monoisotopic (exact) mass is 314 g/mol. The van der Waals surface area contributed by atoms with Crippen molar-refractivity contribution >= 4 is 21.4 Å². The number of sulfone groups is 1. The van der Waals surface area contributed by atoms with E-state index in [1.807, 2.05) is 0 Å². The summed E-state index contributed by atoms with van der Waals surface area (Å²) < 4.78 is 37.2. The molecule has 0 saturated heterocycles. The Balaban J connectivity index is 2.58. The number of hydrogen-bond acceptors (Lipinski definition) is 3. The van der Waals surface area contributed by atoms with Crippen molar-refractivity contribution in [3.8, 4) is 16.9 Å². The third kappa shape index (κ3) is 2.78. The first-order valence-corrected chi connectivity index (χ1v) is 7.89. The van der Waals surface area contributed by atoms with Gasteiger partial charge in [0, 0.05) is 16.1 Å². The molecule has 0 aromatic heterocycles. The van der Waals surface area contributed by atoms with Crippen molar-refractivity contribution in [2.75, 3.05) is 5.75 Å². The van der Waals surface area contributed by atoms with E-state index in [9.17, 15) is 17.9 Å². The molecule has 0 saturated carbocycles. The molecule has 0 aliphatic heterocycles. The van der Waals surface area contributed by atoms with E-state index in [1.165, 1.54) is 37.3 Å². The van der Waals surface area contributed by atoms with E-state index < -0.39 is 15.7 Å². The molecule has 0 amide bonds. The van der Waals surface area contributed by atoms with E-state index in [0.717, 1.165) is 6.07 Å². The van der Waals surface area contributed by atoms with E-state index in [4.69, 9.17) is 11.6 Å². The van der Waals surface area contributed by atoms with Crippen LogP contribution in [-0.2, 0) is 9.84 Å². The van der Waals surface area contributed by atoms with E-state index >= 15 is 0 Å². The standard InChI is InChI=1S/C14H12ClFO3S/c1-2-20(18,19)10-4-5-11(13(15)8-10)12-7-9(17)3-6-14(12)16/h3-8,17H,2H2,1H3. The maximum Gasteiger partial charge on any atom is 0.178 e. The van der Waals surface area contributed by atoms with Gasteiger partial charge in [-0.3, -0.25) is 0 Å². The first-order chi connectivity index (χ1) is 9.35. The van der Waals surface area contributed by atoms with Crippen molar-refractivity contribution in [2.45, 2.75) is 11.8 Å². The maximum absolute atomic E-state index is 13.7. The highest BCUT2D eigenvalue weighted by molar-refractivity contribution is 7.91. The van der Waals surface area contributed by atoms with Crippen LogP contribution in [0.3, 0.4) is 0 Å². The third-order valence-electron chi connectivity index (χ3n) is 2.92. The molecular weight excluding hydrogens is 303 g/mol. The van der Waals surface area contributed by atoms with Gasteiger partial charge in [0.1, 0.15) is 11.6 Å². The summed E-state index contributed by atoms with van der Waals surface area (Å²) in [7, 11) is -3.37. The molecule has 1 N–H and O–H groups in total. The van der Waals surface area contributed by atoms with Crippen LogP contribution in [0.4, 0.5) is 4.39 Å². The number of phenolic OH excluding ortho intramolecular Hbond substituents is 1. The lowest BCUT2D eigenvalue weighted by Crippen LogP contribution is -2.03. The molecule has 0 unspecified atom stereocenters. The van der Waals surface area contributed by atoms with Gasteiger partial charge in [0.05, 0.1) is 10.6 Å². The predicted octanol–water partition coefficient (Wildman–Crippen LogP) is 3.65. The molecule has 2 aromatic carbocycles.